The van der Waals surface area contributed by atoms with Crippen molar-refractivity contribution in [1.82, 2.24) is 14.2 Å². The molecule has 2 heterocycles. The van der Waals surface area contributed by atoms with E-state index < -0.39 is 10.0 Å². The van der Waals surface area contributed by atoms with Gasteiger partial charge in [-0.3, -0.25) is 4.90 Å². The van der Waals surface area contributed by atoms with Crippen molar-refractivity contribution in [3.05, 3.63) is 70.4 Å². The van der Waals surface area contributed by atoms with Crippen molar-refractivity contribution in [2.75, 3.05) is 26.2 Å². The van der Waals surface area contributed by atoms with Gasteiger partial charge >= 0.3 is 0 Å². The molecule has 0 N–H and O–H groups in total. The molecule has 0 radical (unpaired) electrons. The van der Waals surface area contributed by atoms with Crippen LogP contribution in [0.5, 0.6) is 0 Å². The predicted octanol–water partition coefficient (Wildman–Crippen LogP) is 4.29. The Kier molecular flexibility index (Phi) is 6.13. The lowest BCUT2D eigenvalue weighted by molar-refractivity contribution is 0.169. The van der Waals surface area contributed by atoms with Gasteiger partial charge in [-0.05, 0) is 42.5 Å². The molecule has 1 aromatic heterocycles. The number of halogens is 3. The Hall–Kier alpha value is -1.97. The number of benzene rings is 2. The molecule has 0 saturated carbocycles. The van der Waals surface area contributed by atoms with Gasteiger partial charge in [-0.15, -0.1) is 0 Å². The van der Waals surface area contributed by atoms with Crippen LogP contribution in [0, 0.1) is 5.82 Å². The molecule has 1 fully saturated rings. The minimum atomic E-state index is -3.73. The second kappa shape index (κ2) is 8.64. The Morgan fingerprint density at radius 3 is 2.43 bits per heavy atom. The first-order valence-corrected chi connectivity index (χ1v) is 11.4. The van der Waals surface area contributed by atoms with Crippen molar-refractivity contribution >= 4 is 33.2 Å². The fourth-order valence-electron chi connectivity index (χ4n) is 3.26. The van der Waals surface area contributed by atoms with E-state index in [0.29, 0.717) is 49.4 Å². The third-order valence-corrected chi connectivity index (χ3v) is 7.50. The van der Waals surface area contributed by atoms with E-state index in [1.54, 1.807) is 24.4 Å². The first-order chi connectivity index (χ1) is 14.3. The third-order valence-electron chi connectivity index (χ3n) is 4.88. The van der Waals surface area contributed by atoms with Gasteiger partial charge < -0.3 is 4.42 Å². The summed E-state index contributed by atoms with van der Waals surface area (Å²) in [6.45, 7) is 2.12. The molecule has 2 aromatic carbocycles. The molecule has 0 spiro atoms. The lowest BCUT2D eigenvalue weighted by Crippen LogP contribution is -2.48. The largest absolute Gasteiger partial charge is 0.439 e. The number of nitrogens with zero attached hydrogens (tertiary/aromatic N) is 3. The van der Waals surface area contributed by atoms with Gasteiger partial charge in [-0.2, -0.15) is 4.31 Å². The maximum atomic E-state index is 13.1. The topological polar surface area (TPSA) is 66.7 Å². The molecular formula is C20H18Cl2FN3O3S. The fourth-order valence-corrected chi connectivity index (χ4v) is 5.42. The molecule has 6 nitrogen and oxygen atoms in total. The standard InChI is InChI=1S/C20H18Cl2FN3O3S/c21-15-3-6-17(22)19(11-15)30(27,28)26-9-7-25(8-10-26)13-20-24-12-18(29-20)14-1-4-16(23)5-2-14/h1-6,11-12H,7-10,13H2. The zero-order valence-electron chi connectivity index (χ0n) is 15.8. The van der Waals surface area contributed by atoms with Crippen LogP contribution in [-0.2, 0) is 16.6 Å². The summed E-state index contributed by atoms with van der Waals surface area (Å²) in [5, 5.41) is 0.465. The van der Waals surface area contributed by atoms with E-state index in [2.05, 4.69) is 9.88 Å². The molecule has 0 atom stereocenters. The summed E-state index contributed by atoms with van der Waals surface area (Å²) in [6, 6.07) is 10.4. The van der Waals surface area contributed by atoms with Crippen LogP contribution in [0.3, 0.4) is 0 Å². The van der Waals surface area contributed by atoms with Crippen molar-refractivity contribution in [3.8, 4) is 11.3 Å². The highest BCUT2D eigenvalue weighted by molar-refractivity contribution is 7.89. The maximum Gasteiger partial charge on any atom is 0.244 e. The second-order valence-corrected chi connectivity index (χ2v) is 9.63. The quantitative estimate of drug-likeness (QED) is 0.557. The van der Waals surface area contributed by atoms with Crippen LogP contribution in [0.4, 0.5) is 4.39 Å². The van der Waals surface area contributed by atoms with E-state index in [1.807, 2.05) is 0 Å². The molecule has 1 aliphatic rings. The average Bonchev–Trinajstić information content (AvgIpc) is 3.19. The minimum absolute atomic E-state index is 0.0155. The molecule has 10 heteroatoms. The molecule has 1 saturated heterocycles. The van der Waals surface area contributed by atoms with Crippen LogP contribution in [0.1, 0.15) is 5.89 Å². The van der Waals surface area contributed by atoms with E-state index >= 15 is 0 Å². The molecule has 30 heavy (non-hydrogen) atoms. The van der Waals surface area contributed by atoms with E-state index in [9.17, 15) is 12.8 Å². The van der Waals surface area contributed by atoms with Gasteiger partial charge in [0.1, 0.15) is 10.7 Å². The summed E-state index contributed by atoms with van der Waals surface area (Å²) in [4.78, 5) is 6.36. The lowest BCUT2D eigenvalue weighted by atomic mass is 10.2. The minimum Gasteiger partial charge on any atom is -0.439 e. The molecule has 0 unspecified atom stereocenters. The number of hydrogen-bond donors (Lipinski definition) is 0. The molecule has 0 amide bonds. The highest BCUT2D eigenvalue weighted by Gasteiger charge is 2.30. The Morgan fingerprint density at radius 1 is 1.03 bits per heavy atom. The Bertz CT molecular complexity index is 1140. The number of piperazine rings is 1. The fraction of sp³-hybridized carbons (Fsp3) is 0.250. The summed E-state index contributed by atoms with van der Waals surface area (Å²) in [6.07, 6.45) is 1.60. The van der Waals surface area contributed by atoms with Gasteiger partial charge in [0.25, 0.3) is 0 Å². The van der Waals surface area contributed by atoms with Crippen LogP contribution in [0.25, 0.3) is 11.3 Å². The van der Waals surface area contributed by atoms with Crippen LogP contribution in [0.15, 0.2) is 58.0 Å². The van der Waals surface area contributed by atoms with E-state index in [1.165, 1.54) is 28.6 Å². The van der Waals surface area contributed by atoms with Crippen LogP contribution in [0.2, 0.25) is 10.0 Å². The number of hydrogen-bond acceptors (Lipinski definition) is 5. The van der Waals surface area contributed by atoms with Crippen LogP contribution >= 0.6 is 23.2 Å². The average molecular weight is 470 g/mol. The van der Waals surface area contributed by atoms with Crippen molar-refractivity contribution in [3.63, 3.8) is 0 Å². The summed E-state index contributed by atoms with van der Waals surface area (Å²) in [5.74, 6) is 0.760. The normalized spacial score (nSPS) is 16.1. The van der Waals surface area contributed by atoms with E-state index in [0.717, 1.165) is 5.56 Å². The Labute approximate surface area is 183 Å². The maximum absolute atomic E-state index is 13.1. The molecule has 0 aliphatic carbocycles. The first-order valence-electron chi connectivity index (χ1n) is 9.21. The molecule has 3 aromatic rings. The smallest absolute Gasteiger partial charge is 0.244 e. The summed E-state index contributed by atoms with van der Waals surface area (Å²) in [5.41, 5.74) is 0.740. The van der Waals surface area contributed by atoms with Crippen LogP contribution in [-0.4, -0.2) is 48.8 Å². The monoisotopic (exact) mass is 469 g/mol. The lowest BCUT2D eigenvalue weighted by Gasteiger charge is -2.33. The van der Waals surface area contributed by atoms with Gasteiger partial charge in [-0.1, -0.05) is 23.2 Å². The summed E-state index contributed by atoms with van der Waals surface area (Å²) < 4.78 is 46.1. The zero-order chi connectivity index (χ0) is 21.3. The number of rotatable bonds is 5. The van der Waals surface area contributed by atoms with Crippen molar-refractivity contribution < 1.29 is 17.2 Å². The van der Waals surface area contributed by atoms with E-state index in [-0.39, 0.29) is 15.7 Å². The third kappa shape index (κ3) is 4.53. The van der Waals surface area contributed by atoms with Gasteiger partial charge in [0.15, 0.2) is 5.76 Å². The highest BCUT2D eigenvalue weighted by atomic mass is 35.5. The van der Waals surface area contributed by atoms with Crippen molar-refractivity contribution in [2.45, 2.75) is 11.4 Å². The second-order valence-electron chi connectivity index (χ2n) is 6.88. The van der Waals surface area contributed by atoms with Gasteiger partial charge in [0.2, 0.25) is 15.9 Å². The molecule has 1 aliphatic heterocycles. The molecular weight excluding hydrogens is 452 g/mol. The van der Waals surface area contributed by atoms with Gasteiger partial charge in [0, 0.05) is 36.8 Å². The SMILES string of the molecule is O=S(=O)(c1cc(Cl)ccc1Cl)N1CCN(Cc2ncc(-c3ccc(F)cc3)o2)CC1. The van der Waals surface area contributed by atoms with Gasteiger partial charge in [-0.25, -0.2) is 17.8 Å². The van der Waals surface area contributed by atoms with Crippen molar-refractivity contribution in [2.24, 2.45) is 0 Å². The number of oxazole rings is 1. The molecule has 0 bridgehead atoms. The summed E-state index contributed by atoms with van der Waals surface area (Å²) in [7, 11) is -3.73. The van der Waals surface area contributed by atoms with Crippen molar-refractivity contribution in [1.29, 1.82) is 0 Å². The number of aromatic nitrogens is 1. The van der Waals surface area contributed by atoms with Crippen LogP contribution < -0.4 is 0 Å². The molecule has 158 valence electrons. The predicted molar refractivity (Wildman–Crippen MR) is 112 cm³/mol. The zero-order valence-corrected chi connectivity index (χ0v) is 18.1. The van der Waals surface area contributed by atoms with E-state index in [4.69, 9.17) is 27.6 Å². The van der Waals surface area contributed by atoms with Gasteiger partial charge in [0.05, 0.1) is 17.8 Å². The highest BCUT2D eigenvalue weighted by Crippen LogP contribution is 2.28. The first kappa shape index (κ1) is 21.3. The summed E-state index contributed by atoms with van der Waals surface area (Å²) >= 11 is 12.0. The number of sulfonamides is 1. The Balaban J connectivity index is 1.39. The molecule has 4 rings (SSSR count). The Morgan fingerprint density at radius 2 is 1.73 bits per heavy atom.